The van der Waals surface area contributed by atoms with Gasteiger partial charge in [0.05, 0.1) is 5.69 Å². The predicted octanol–water partition coefficient (Wildman–Crippen LogP) is 1.23. The molecule has 0 bridgehead atoms. The van der Waals surface area contributed by atoms with Crippen LogP contribution in [-0.4, -0.2) is 46.6 Å². The van der Waals surface area contributed by atoms with Crippen molar-refractivity contribution in [1.29, 1.82) is 0 Å². The fourth-order valence-corrected chi connectivity index (χ4v) is 3.93. The Morgan fingerprint density at radius 3 is 2.47 bits per heavy atom. The highest BCUT2D eigenvalue weighted by Gasteiger charge is 2.34. The molecule has 8 heteroatoms. The zero-order valence-corrected chi connectivity index (χ0v) is 12.3. The molecule has 0 aliphatic rings. The van der Waals surface area contributed by atoms with E-state index in [9.17, 15) is 13.2 Å². The van der Waals surface area contributed by atoms with Gasteiger partial charge in [-0.3, -0.25) is 5.10 Å². The summed E-state index contributed by atoms with van der Waals surface area (Å²) in [5.74, 6) is -1.36. The van der Waals surface area contributed by atoms with E-state index in [-0.39, 0.29) is 23.2 Å². The largest absolute Gasteiger partial charge is 0.476 e. The molecule has 0 spiro atoms. The number of nitrogens with zero attached hydrogens (tertiary/aromatic N) is 2. The van der Waals surface area contributed by atoms with Crippen LogP contribution in [0.1, 0.15) is 43.4 Å². The summed E-state index contributed by atoms with van der Waals surface area (Å²) in [6.07, 6.45) is 0.645. The summed E-state index contributed by atoms with van der Waals surface area (Å²) >= 11 is 0. The third-order valence-corrected chi connectivity index (χ3v) is 5.31. The Morgan fingerprint density at radius 1 is 1.47 bits per heavy atom. The number of rotatable bonds is 6. The first-order chi connectivity index (χ1) is 8.77. The summed E-state index contributed by atoms with van der Waals surface area (Å²) in [4.78, 5) is 10.8. The third-order valence-electron chi connectivity index (χ3n) is 3.05. The van der Waals surface area contributed by atoms with Crippen molar-refractivity contribution in [2.45, 2.75) is 45.1 Å². The second-order valence-electron chi connectivity index (χ2n) is 4.30. The van der Waals surface area contributed by atoms with Gasteiger partial charge in [-0.2, -0.15) is 9.40 Å². The molecule has 108 valence electrons. The SMILES string of the molecule is CCC(C)N(CC)S(=O)(=O)c1c(C(=O)O)n[nH]c1C. The summed E-state index contributed by atoms with van der Waals surface area (Å²) in [7, 11) is -3.87. The lowest BCUT2D eigenvalue weighted by Crippen LogP contribution is -2.38. The quantitative estimate of drug-likeness (QED) is 0.819. The van der Waals surface area contributed by atoms with Gasteiger partial charge >= 0.3 is 5.97 Å². The molecule has 1 atom stereocenters. The number of aromatic carboxylic acids is 1. The number of carboxylic acid groups (broad SMARTS) is 1. The lowest BCUT2D eigenvalue weighted by molar-refractivity contribution is 0.0686. The number of aryl methyl sites for hydroxylation is 1. The van der Waals surface area contributed by atoms with Crippen LogP contribution in [0.3, 0.4) is 0 Å². The van der Waals surface area contributed by atoms with Gasteiger partial charge in [0.15, 0.2) is 5.69 Å². The number of aromatic nitrogens is 2. The number of hydrogen-bond acceptors (Lipinski definition) is 4. The molecule has 19 heavy (non-hydrogen) atoms. The number of nitrogens with one attached hydrogen (secondary N) is 1. The maximum atomic E-state index is 12.6. The summed E-state index contributed by atoms with van der Waals surface area (Å²) in [6, 6.07) is -0.203. The molecule has 7 nitrogen and oxygen atoms in total. The van der Waals surface area contributed by atoms with E-state index >= 15 is 0 Å². The normalized spacial score (nSPS) is 13.7. The van der Waals surface area contributed by atoms with Crippen molar-refractivity contribution in [1.82, 2.24) is 14.5 Å². The first kappa shape index (κ1) is 15.6. The van der Waals surface area contributed by atoms with Gasteiger partial charge in [0.2, 0.25) is 10.0 Å². The molecule has 0 saturated heterocycles. The molecule has 1 aromatic rings. The number of hydrogen-bond donors (Lipinski definition) is 2. The van der Waals surface area contributed by atoms with E-state index in [0.717, 1.165) is 0 Å². The Labute approximate surface area is 112 Å². The average molecular weight is 289 g/mol. The van der Waals surface area contributed by atoms with Crippen molar-refractivity contribution >= 4 is 16.0 Å². The molecule has 1 rings (SSSR count). The molecule has 0 aliphatic carbocycles. The minimum atomic E-state index is -3.87. The fourth-order valence-electron chi connectivity index (χ4n) is 1.92. The van der Waals surface area contributed by atoms with E-state index in [0.29, 0.717) is 6.42 Å². The Bertz CT molecular complexity index is 564. The molecule has 1 unspecified atom stereocenters. The van der Waals surface area contributed by atoms with Crippen LogP contribution in [0.2, 0.25) is 0 Å². The number of sulfonamides is 1. The van der Waals surface area contributed by atoms with Gasteiger partial charge in [-0.05, 0) is 20.3 Å². The highest BCUT2D eigenvalue weighted by atomic mass is 32.2. The maximum absolute atomic E-state index is 12.6. The summed E-state index contributed by atoms with van der Waals surface area (Å²) < 4.78 is 26.4. The molecule has 0 aromatic carbocycles. The standard InChI is InChI=1S/C11H19N3O4S/c1-5-7(3)14(6-2)19(17,18)10-8(4)12-13-9(10)11(15)16/h7H,5-6H2,1-4H3,(H,12,13)(H,15,16). The highest BCUT2D eigenvalue weighted by molar-refractivity contribution is 7.89. The van der Waals surface area contributed by atoms with Crippen molar-refractivity contribution in [3.05, 3.63) is 11.4 Å². The van der Waals surface area contributed by atoms with Gasteiger partial charge < -0.3 is 5.11 Å². The molecule has 0 saturated carbocycles. The molecule has 2 N–H and O–H groups in total. The van der Waals surface area contributed by atoms with E-state index in [4.69, 9.17) is 5.11 Å². The molecule has 0 aliphatic heterocycles. The van der Waals surface area contributed by atoms with E-state index in [2.05, 4.69) is 10.2 Å². The van der Waals surface area contributed by atoms with Crippen molar-refractivity contribution in [2.24, 2.45) is 0 Å². The first-order valence-electron chi connectivity index (χ1n) is 6.07. The number of carboxylic acids is 1. The molecular weight excluding hydrogens is 270 g/mol. The molecule has 1 aromatic heterocycles. The number of carbonyl (C=O) groups is 1. The zero-order valence-electron chi connectivity index (χ0n) is 11.5. The van der Waals surface area contributed by atoms with Crippen LogP contribution in [0.15, 0.2) is 4.90 Å². The van der Waals surface area contributed by atoms with Crippen molar-refractivity contribution in [3.63, 3.8) is 0 Å². The monoisotopic (exact) mass is 289 g/mol. The van der Waals surface area contributed by atoms with Gasteiger partial charge in [-0.1, -0.05) is 13.8 Å². The van der Waals surface area contributed by atoms with E-state index in [1.54, 1.807) is 13.8 Å². The van der Waals surface area contributed by atoms with Crippen molar-refractivity contribution < 1.29 is 18.3 Å². The summed E-state index contributed by atoms with van der Waals surface area (Å²) in [5.41, 5.74) is -0.224. The maximum Gasteiger partial charge on any atom is 0.357 e. The van der Waals surface area contributed by atoms with Gasteiger partial charge in [0.25, 0.3) is 0 Å². The molecular formula is C11H19N3O4S. The van der Waals surface area contributed by atoms with Crippen LogP contribution in [-0.2, 0) is 10.0 Å². The Morgan fingerprint density at radius 2 is 2.05 bits per heavy atom. The number of aromatic amines is 1. The van der Waals surface area contributed by atoms with Gasteiger partial charge in [0.1, 0.15) is 4.90 Å². The van der Waals surface area contributed by atoms with E-state index in [1.807, 2.05) is 6.92 Å². The van der Waals surface area contributed by atoms with E-state index in [1.165, 1.54) is 11.2 Å². The van der Waals surface area contributed by atoms with Gasteiger partial charge in [0, 0.05) is 12.6 Å². The Balaban J connectivity index is 3.42. The fraction of sp³-hybridized carbons (Fsp3) is 0.636. The van der Waals surface area contributed by atoms with Crippen LogP contribution in [0.4, 0.5) is 0 Å². The van der Waals surface area contributed by atoms with Crippen LogP contribution >= 0.6 is 0 Å². The summed E-state index contributed by atoms with van der Waals surface area (Å²) in [6.45, 7) is 7.16. The summed E-state index contributed by atoms with van der Waals surface area (Å²) in [5, 5.41) is 15.0. The average Bonchev–Trinajstić information content (AvgIpc) is 2.72. The molecule has 0 radical (unpaired) electrons. The predicted molar refractivity (Wildman–Crippen MR) is 69.6 cm³/mol. The second kappa shape index (κ2) is 5.70. The molecule has 0 amide bonds. The second-order valence-corrected chi connectivity index (χ2v) is 6.12. The van der Waals surface area contributed by atoms with Crippen molar-refractivity contribution in [2.75, 3.05) is 6.54 Å². The van der Waals surface area contributed by atoms with Gasteiger partial charge in [-0.15, -0.1) is 0 Å². The van der Waals surface area contributed by atoms with Crippen LogP contribution in [0.25, 0.3) is 0 Å². The zero-order chi connectivity index (χ0) is 14.8. The Kier molecular flexibility index (Phi) is 4.70. The molecule has 0 fully saturated rings. The van der Waals surface area contributed by atoms with Gasteiger partial charge in [-0.25, -0.2) is 13.2 Å². The van der Waals surface area contributed by atoms with E-state index < -0.39 is 21.7 Å². The highest BCUT2D eigenvalue weighted by Crippen LogP contribution is 2.24. The topological polar surface area (TPSA) is 103 Å². The molecule has 1 heterocycles. The minimum Gasteiger partial charge on any atom is -0.476 e. The van der Waals surface area contributed by atoms with Crippen LogP contribution in [0, 0.1) is 6.92 Å². The lowest BCUT2D eigenvalue weighted by atomic mass is 10.3. The Hall–Kier alpha value is -1.41. The smallest absolute Gasteiger partial charge is 0.357 e. The van der Waals surface area contributed by atoms with Crippen LogP contribution in [0.5, 0.6) is 0 Å². The minimum absolute atomic E-state index is 0.203. The third kappa shape index (κ3) is 2.79. The van der Waals surface area contributed by atoms with Crippen LogP contribution < -0.4 is 0 Å². The van der Waals surface area contributed by atoms with Crippen molar-refractivity contribution in [3.8, 4) is 0 Å². The lowest BCUT2D eigenvalue weighted by Gasteiger charge is -2.26. The number of H-pyrrole nitrogens is 1. The first-order valence-corrected chi connectivity index (χ1v) is 7.51.